The summed E-state index contributed by atoms with van der Waals surface area (Å²) < 4.78 is 4.64. The van der Waals surface area contributed by atoms with Crippen molar-refractivity contribution in [1.82, 2.24) is 16.0 Å². The quantitative estimate of drug-likeness (QED) is 0.216. The Morgan fingerprint density at radius 2 is 1.50 bits per heavy atom. The number of carbonyl (C=O) groups excluding carboxylic acids is 4. The topological polar surface area (TPSA) is 189 Å². The van der Waals surface area contributed by atoms with Crippen molar-refractivity contribution in [2.75, 3.05) is 31.5 Å². The molecule has 12 heteroatoms. The van der Waals surface area contributed by atoms with Gasteiger partial charge in [-0.3, -0.25) is 19.2 Å². The van der Waals surface area contributed by atoms with Gasteiger partial charge >= 0.3 is 12.1 Å². The normalized spacial score (nSPS) is 10.0. The molecule has 0 bridgehead atoms. The molecule has 0 radical (unpaired) electrons. The predicted octanol–water partition coefficient (Wildman–Crippen LogP) is -1.09. The Morgan fingerprint density at radius 1 is 0.900 bits per heavy atom. The molecule has 1 aromatic rings. The highest BCUT2D eigenvalue weighted by molar-refractivity contribution is 5.95. The largest absolute Gasteiger partial charge is 0.481 e. The maximum Gasteiger partial charge on any atom is 0.404 e. The predicted molar refractivity (Wildman–Crippen MR) is 105 cm³/mol. The van der Waals surface area contributed by atoms with E-state index in [4.69, 9.17) is 10.8 Å². The van der Waals surface area contributed by atoms with Crippen LogP contribution in [0.15, 0.2) is 24.3 Å². The molecule has 0 saturated heterocycles. The summed E-state index contributed by atoms with van der Waals surface area (Å²) in [6.45, 7) is -0.242. The Kier molecular flexibility index (Phi) is 11.0. The van der Waals surface area contributed by atoms with Gasteiger partial charge in [0.15, 0.2) is 0 Å². The number of primary amides is 1. The van der Waals surface area contributed by atoms with Gasteiger partial charge in [-0.05, 0) is 30.7 Å². The molecule has 4 amide bonds. The number of carbonyl (C=O) groups is 5. The van der Waals surface area contributed by atoms with Crippen molar-refractivity contribution in [2.45, 2.75) is 19.4 Å². The fourth-order valence-electron chi connectivity index (χ4n) is 2.09. The molecule has 0 spiro atoms. The lowest BCUT2D eigenvalue weighted by Crippen LogP contribution is -2.42. The maximum absolute atomic E-state index is 11.9. The van der Waals surface area contributed by atoms with Gasteiger partial charge in [0.25, 0.3) is 0 Å². The SMILES string of the molecule is NC(=O)OCc1ccc(NC(=O)CNC(=O)CNC(=O)CNCCCC(=O)O)cc1. The summed E-state index contributed by atoms with van der Waals surface area (Å²) in [5, 5.41) is 18.6. The van der Waals surface area contributed by atoms with Crippen molar-refractivity contribution in [3.8, 4) is 0 Å². The van der Waals surface area contributed by atoms with Crippen LogP contribution in [-0.4, -0.2) is 61.1 Å². The van der Waals surface area contributed by atoms with Gasteiger partial charge in [-0.15, -0.1) is 0 Å². The molecule has 0 aromatic heterocycles. The number of hydrogen-bond acceptors (Lipinski definition) is 7. The van der Waals surface area contributed by atoms with E-state index in [9.17, 15) is 24.0 Å². The maximum atomic E-state index is 11.9. The van der Waals surface area contributed by atoms with Gasteiger partial charge < -0.3 is 36.8 Å². The standard InChI is InChI=1S/C18H25N5O7/c19-18(29)30-11-12-3-5-13(6-4-12)23-16(26)10-22-15(25)9-21-14(24)8-20-7-1-2-17(27)28/h3-6,20H,1-2,7-11H2,(H2,19,29)(H,21,24)(H,22,25)(H,23,26)(H,27,28). The average molecular weight is 423 g/mol. The number of anilines is 1. The zero-order valence-electron chi connectivity index (χ0n) is 16.2. The number of hydrogen-bond donors (Lipinski definition) is 6. The van der Waals surface area contributed by atoms with Gasteiger partial charge in [0.1, 0.15) is 6.61 Å². The first-order valence-corrected chi connectivity index (χ1v) is 9.03. The molecule has 12 nitrogen and oxygen atoms in total. The van der Waals surface area contributed by atoms with Crippen LogP contribution in [0.2, 0.25) is 0 Å². The van der Waals surface area contributed by atoms with E-state index < -0.39 is 29.8 Å². The first-order valence-electron chi connectivity index (χ1n) is 9.03. The van der Waals surface area contributed by atoms with Crippen LogP contribution in [0.4, 0.5) is 10.5 Å². The summed E-state index contributed by atoms with van der Waals surface area (Å²) in [5.41, 5.74) is 6.05. The van der Waals surface area contributed by atoms with Crippen molar-refractivity contribution < 1.29 is 33.8 Å². The summed E-state index contributed by atoms with van der Waals surface area (Å²) in [4.78, 5) is 56.0. The molecule has 0 heterocycles. The minimum atomic E-state index is -0.909. The van der Waals surface area contributed by atoms with Crippen molar-refractivity contribution in [1.29, 1.82) is 0 Å². The summed E-state index contributed by atoms with van der Waals surface area (Å²) in [7, 11) is 0. The Hall–Kier alpha value is -3.67. The van der Waals surface area contributed by atoms with Crippen LogP contribution in [0, 0.1) is 0 Å². The molecule has 0 unspecified atom stereocenters. The molecule has 1 rings (SSSR count). The Bertz CT molecular complexity index is 752. The van der Waals surface area contributed by atoms with Crippen LogP contribution in [0.5, 0.6) is 0 Å². The molecule has 0 aliphatic heterocycles. The molecule has 0 aliphatic rings. The summed E-state index contributed by atoms with van der Waals surface area (Å²) in [5.74, 6) is -2.33. The minimum absolute atomic E-state index is 0.00689. The van der Waals surface area contributed by atoms with Crippen molar-refractivity contribution in [3.05, 3.63) is 29.8 Å². The van der Waals surface area contributed by atoms with E-state index in [2.05, 4.69) is 26.0 Å². The van der Waals surface area contributed by atoms with E-state index in [0.29, 0.717) is 24.2 Å². The number of aliphatic carboxylic acids is 1. The van der Waals surface area contributed by atoms with Crippen molar-refractivity contribution in [3.63, 3.8) is 0 Å². The van der Waals surface area contributed by atoms with Gasteiger partial charge in [-0.1, -0.05) is 12.1 Å². The number of nitrogens with one attached hydrogen (secondary N) is 4. The van der Waals surface area contributed by atoms with Crippen LogP contribution in [0.25, 0.3) is 0 Å². The number of amides is 4. The smallest absolute Gasteiger partial charge is 0.404 e. The first-order chi connectivity index (χ1) is 14.3. The number of carboxylic acids is 1. The molecule has 164 valence electrons. The molecule has 1 aromatic carbocycles. The molecule has 7 N–H and O–H groups in total. The molecule has 0 fully saturated rings. The molecular weight excluding hydrogens is 398 g/mol. The number of nitrogens with two attached hydrogens (primary N) is 1. The second-order valence-electron chi connectivity index (χ2n) is 6.08. The second-order valence-corrected chi connectivity index (χ2v) is 6.08. The van der Waals surface area contributed by atoms with Crippen molar-refractivity contribution >= 4 is 35.5 Å². The first kappa shape index (κ1) is 24.4. The molecule has 0 aliphatic carbocycles. The third-order valence-electron chi connectivity index (χ3n) is 3.54. The zero-order valence-corrected chi connectivity index (χ0v) is 16.2. The van der Waals surface area contributed by atoms with E-state index in [1.807, 2.05) is 0 Å². The van der Waals surface area contributed by atoms with Gasteiger partial charge in [0.2, 0.25) is 17.7 Å². The van der Waals surface area contributed by atoms with Crippen molar-refractivity contribution in [2.24, 2.45) is 5.73 Å². The van der Waals surface area contributed by atoms with Crippen LogP contribution in [-0.2, 0) is 30.5 Å². The van der Waals surface area contributed by atoms with E-state index >= 15 is 0 Å². The third kappa shape index (κ3) is 11.9. The fraction of sp³-hybridized carbons (Fsp3) is 0.389. The average Bonchev–Trinajstić information content (AvgIpc) is 2.69. The van der Waals surface area contributed by atoms with Crippen LogP contribution >= 0.6 is 0 Å². The monoisotopic (exact) mass is 423 g/mol. The second kappa shape index (κ2) is 13.5. The van der Waals surface area contributed by atoms with E-state index in [1.54, 1.807) is 24.3 Å². The highest BCUT2D eigenvalue weighted by atomic mass is 16.5. The van der Waals surface area contributed by atoms with E-state index in [-0.39, 0.29) is 32.7 Å². The number of rotatable bonds is 13. The van der Waals surface area contributed by atoms with Gasteiger partial charge in [-0.25, -0.2) is 4.79 Å². The Balaban J connectivity index is 2.18. The van der Waals surface area contributed by atoms with Crippen LogP contribution in [0.3, 0.4) is 0 Å². The number of benzene rings is 1. The Labute approximate surface area is 172 Å². The minimum Gasteiger partial charge on any atom is -0.481 e. The molecular formula is C18H25N5O7. The highest BCUT2D eigenvalue weighted by Gasteiger charge is 2.08. The summed E-state index contributed by atoms with van der Waals surface area (Å²) in [6.07, 6.45) is -0.485. The van der Waals surface area contributed by atoms with Gasteiger partial charge in [0, 0.05) is 12.1 Å². The van der Waals surface area contributed by atoms with Gasteiger partial charge in [-0.2, -0.15) is 0 Å². The van der Waals surface area contributed by atoms with Gasteiger partial charge in [0.05, 0.1) is 19.6 Å². The third-order valence-corrected chi connectivity index (χ3v) is 3.54. The Morgan fingerprint density at radius 3 is 2.10 bits per heavy atom. The fourth-order valence-corrected chi connectivity index (χ4v) is 2.09. The van der Waals surface area contributed by atoms with E-state index in [0.717, 1.165) is 0 Å². The van der Waals surface area contributed by atoms with E-state index in [1.165, 1.54) is 0 Å². The number of ether oxygens (including phenoxy) is 1. The summed E-state index contributed by atoms with van der Waals surface area (Å²) >= 11 is 0. The lowest BCUT2D eigenvalue weighted by atomic mass is 10.2. The zero-order chi connectivity index (χ0) is 22.4. The van der Waals surface area contributed by atoms with Crippen LogP contribution < -0.4 is 27.0 Å². The molecule has 0 saturated carbocycles. The lowest BCUT2D eigenvalue weighted by molar-refractivity contribution is -0.137. The number of carboxylic acid groups (broad SMARTS) is 1. The van der Waals surface area contributed by atoms with Crippen LogP contribution in [0.1, 0.15) is 18.4 Å². The highest BCUT2D eigenvalue weighted by Crippen LogP contribution is 2.10. The summed E-state index contributed by atoms with van der Waals surface area (Å²) in [6, 6.07) is 6.48. The lowest BCUT2D eigenvalue weighted by Gasteiger charge is -2.09. The molecule has 30 heavy (non-hydrogen) atoms. The molecule has 0 atom stereocenters.